The Morgan fingerprint density at radius 3 is 2.42 bits per heavy atom. The Kier molecular flexibility index (Phi) is 3.03. The molecular formula is C8H15N3S. The number of aryl methyl sites for hydroxylation is 1. The first-order valence-electron chi connectivity index (χ1n) is 4.16. The van der Waals surface area contributed by atoms with E-state index in [4.69, 9.17) is 0 Å². The van der Waals surface area contributed by atoms with Crippen LogP contribution in [0.5, 0.6) is 0 Å². The van der Waals surface area contributed by atoms with Crippen LogP contribution in [0, 0.1) is 12.8 Å². The highest BCUT2D eigenvalue weighted by molar-refractivity contribution is 7.09. The van der Waals surface area contributed by atoms with Crippen LogP contribution in [0.25, 0.3) is 0 Å². The minimum atomic E-state index is 0.456. The summed E-state index contributed by atoms with van der Waals surface area (Å²) in [6.07, 6.45) is 0. The molecule has 1 aromatic heterocycles. The fourth-order valence-electron chi connectivity index (χ4n) is 0.717. The van der Waals surface area contributed by atoms with Gasteiger partial charge in [-0.1, -0.05) is 13.8 Å². The molecule has 0 spiro atoms. The zero-order valence-electron chi connectivity index (χ0n) is 7.96. The first kappa shape index (κ1) is 9.45. The predicted octanol–water partition coefficient (Wildman–Crippen LogP) is 2.30. The third-order valence-corrected chi connectivity index (χ3v) is 2.62. The van der Waals surface area contributed by atoms with Gasteiger partial charge >= 0.3 is 0 Å². The van der Waals surface area contributed by atoms with E-state index < -0.39 is 0 Å². The second-order valence-corrected chi connectivity index (χ2v) is 4.08. The SMILES string of the molecule is Cc1nsc(NC(C)C(C)C)n1. The lowest BCUT2D eigenvalue weighted by Gasteiger charge is -2.15. The summed E-state index contributed by atoms with van der Waals surface area (Å²) in [7, 11) is 0. The third-order valence-electron chi connectivity index (χ3n) is 1.88. The lowest BCUT2D eigenvalue weighted by Crippen LogP contribution is -2.21. The normalized spacial score (nSPS) is 13.4. The highest BCUT2D eigenvalue weighted by atomic mass is 32.1. The van der Waals surface area contributed by atoms with E-state index in [0.717, 1.165) is 11.0 Å². The zero-order chi connectivity index (χ0) is 9.14. The summed E-state index contributed by atoms with van der Waals surface area (Å²) >= 11 is 1.42. The molecule has 4 heteroatoms. The number of aromatic nitrogens is 2. The Balaban J connectivity index is 2.52. The molecular weight excluding hydrogens is 170 g/mol. The van der Waals surface area contributed by atoms with E-state index in [9.17, 15) is 0 Å². The smallest absolute Gasteiger partial charge is 0.202 e. The second-order valence-electron chi connectivity index (χ2n) is 3.32. The fraction of sp³-hybridized carbons (Fsp3) is 0.750. The fourth-order valence-corrected chi connectivity index (χ4v) is 1.39. The van der Waals surface area contributed by atoms with Gasteiger partial charge in [0.2, 0.25) is 5.13 Å². The van der Waals surface area contributed by atoms with Gasteiger partial charge in [0.25, 0.3) is 0 Å². The number of anilines is 1. The van der Waals surface area contributed by atoms with Crippen molar-refractivity contribution in [1.29, 1.82) is 0 Å². The Hall–Kier alpha value is -0.640. The van der Waals surface area contributed by atoms with Gasteiger partial charge in [-0.2, -0.15) is 4.37 Å². The number of rotatable bonds is 3. The van der Waals surface area contributed by atoms with Crippen molar-refractivity contribution < 1.29 is 0 Å². The molecule has 12 heavy (non-hydrogen) atoms. The van der Waals surface area contributed by atoms with Crippen molar-refractivity contribution in [1.82, 2.24) is 9.36 Å². The molecule has 0 saturated carbocycles. The minimum Gasteiger partial charge on any atom is -0.358 e. The molecule has 0 bridgehead atoms. The highest BCUT2D eigenvalue weighted by Gasteiger charge is 2.08. The van der Waals surface area contributed by atoms with Gasteiger partial charge in [0, 0.05) is 17.6 Å². The zero-order valence-corrected chi connectivity index (χ0v) is 8.77. The number of hydrogen-bond acceptors (Lipinski definition) is 4. The average molecular weight is 185 g/mol. The molecule has 0 aliphatic rings. The molecule has 1 unspecified atom stereocenters. The summed E-state index contributed by atoms with van der Waals surface area (Å²) in [5.74, 6) is 1.47. The molecule has 1 atom stereocenters. The Labute approximate surface area is 77.4 Å². The van der Waals surface area contributed by atoms with Crippen LogP contribution in [0.4, 0.5) is 5.13 Å². The van der Waals surface area contributed by atoms with Crippen molar-refractivity contribution >= 4 is 16.7 Å². The molecule has 1 rings (SSSR count). The van der Waals surface area contributed by atoms with Gasteiger partial charge in [-0.05, 0) is 19.8 Å². The van der Waals surface area contributed by atoms with Gasteiger partial charge in [0.15, 0.2) is 0 Å². The molecule has 0 radical (unpaired) electrons. The molecule has 0 aromatic carbocycles. The Bertz CT molecular complexity index is 244. The lowest BCUT2D eigenvalue weighted by atomic mass is 10.1. The van der Waals surface area contributed by atoms with Crippen LogP contribution in [-0.4, -0.2) is 15.4 Å². The van der Waals surface area contributed by atoms with Crippen molar-refractivity contribution in [3.05, 3.63) is 5.82 Å². The Morgan fingerprint density at radius 1 is 1.33 bits per heavy atom. The number of nitrogens with one attached hydrogen (secondary N) is 1. The summed E-state index contributed by atoms with van der Waals surface area (Å²) in [4.78, 5) is 4.23. The summed E-state index contributed by atoms with van der Waals surface area (Å²) in [5.41, 5.74) is 0. The standard InChI is InChI=1S/C8H15N3S/c1-5(2)6(3)9-8-10-7(4)11-12-8/h5-6H,1-4H3,(H,9,10,11). The molecule has 1 N–H and O–H groups in total. The highest BCUT2D eigenvalue weighted by Crippen LogP contribution is 2.14. The number of hydrogen-bond donors (Lipinski definition) is 1. The maximum absolute atomic E-state index is 4.23. The minimum absolute atomic E-state index is 0.456. The molecule has 1 aromatic rings. The van der Waals surface area contributed by atoms with Crippen LogP contribution >= 0.6 is 11.5 Å². The van der Waals surface area contributed by atoms with Crippen LogP contribution < -0.4 is 5.32 Å². The Morgan fingerprint density at radius 2 is 2.00 bits per heavy atom. The van der Waals surface area contributed by atoms with Crippen LogP contribution in [0.1, 0.15) is 26.6 Å². The second kappa shape index (κ2) is 3.85. The summed E-state index contributed by atoms with van der Waals surface area (Å²) < 4.78 is 4.10. The quantitative estimate of drug-likeness (QED) is 0.785. The van der Waals surface area contributed by atoms with Crippen molar-refractivity contribution in [2.24, 2.45) is 5.92 Å². The van der Waals surface area contributed by atoms with Gasteiger partial charge in [-0.3, -0.25) is 0 Å². The lowest BCUT2D eigenvalue weighted by molar-refractivity contribution is 0.559. The van der Waals surface area contributed by atoms with Gasteiger partial charge in [-0.15, -0.1) is 0 Å². The van der Waals surface area contributed by atoms with Crippen molar-refractivity contribution in [2.45, 2.75) is 33.7 Å². The van der Waals surface area contributed by atoms with Crippen LogP contribution in [0.15, 0.2) is 0 Å². The maximum atomic E-state index is 4.23. The monoisotopic (exact) mass is 185 g/mol. The van der Waals surface area contributed by atoms with E-state index in [-0.39, 0.29) is 0 Å². The first-order valence-corrected chi connectivity index (χ1v) is 4.93. The van der Waals surface area contributed by atoms with E-state index in [1.807, 2.05) is 6.92 Å². The molecule has 0 aliphatic heterocycles. The van der Waals surface area contributed by atoms with E-state index in [1.54, 1.807) is 0 Å². The van der Waals surface area contributed by atoms with E-state index >= 15 is 0 Å². The maximum Gasteiger partial charge on any atom is 0.202 e. The predicted molar refractivity (Wildman–Crippen MR) is 52.6 cm³/mol. The van der Waals surface area contributed by atoms with E-state index in [2.05, 4.69) is 35.4 Å². The van der Waals surface area contributed by atoms with E-state index in [1.165, 1.54) is 11.5 Å². The van der Waals surface area contributed by atoms with Crippen molar-refractivity contribution in [3.63, 3.8) is 0 Å². The molecule has 68 valence electrons. The largest absolute Gasteiger partial charge is 0.358 e. The molecule has 0 fully saturated rings. The van der Waals surface area contributed by atoms with Gasteiger partial charge < -0.3 is 5.32 Å². The molecule has 1 heterocycles. The molecule has 3 nitrogen and oxygen atoms in total. The van der Waals surface area contributed by atoms with Crippen molar-refractivity contribution in [2.75, 3.05) is 5.32 Å². The average Bonchev–Trinajstić information content (AvgIpc) is 2.35. The van der Waals surface area contributed by atoms with Crippen molar-refractivity contribution in [3.8, 4) is 0 Å². The molecule has 0 saturated heterocycles. The molecule has 0 aliphatic carbocycles. The summed E-state index contributed by atoms with van der Waals surface area (Å²) in [6, 6.07) is 0.456. The van der Waals surface area contributed by atoms with Crippen LogP contribution in [0.2, 0.25) is 0 Å². The van der Waals surface area contributed by atoms with E-state index in [0.29, 0.717) is 12.0 Å². The van der Waals surface area contributed by atoms with Crippen LogP contribution in [-0.2, 0) is 0 Å². The van der Waals surface area contributed by atoms with Crippen LogP contribution in [0.3, 0.4) is 0 Å². The van der Waals surface area contributed by atoms with Gasteiger partial charge in [0.05, 0.1) is 0 Å². The van der Waals surface area contributed by atoms with Gasteiger partial charge in [0.1, 0.15) is 5.82 Å². The first-order chi connectivity index (χ1) is 5.59. The molecule has 0 amide bonds. The van der Waals surface area contributed by atoms with Gasteiger partial charge in [-0.25, -0.2) is 4.98 Å². The number of nitrogens with zero attached hydrogens (tertiary/aromatic N) is 2. The topological polar surface area (TPSA) is 37.8 Å². The summed E-state index contributed by atoms with van der Waals surface area (Å²) in [6.45, 7) is 8.43. The third kappa shape index (κ3) is 2.44. The summed E-state index contributed by atoms with van der Waals surface area (Å²) in [5, 5.41) is 4.23.